The highest BCUT2D eigenvalue weighted by molar-refractivity contribution is 5.86. The highest BCUT2D eigenvalue weighted by Gasteiger charge is 2.30. The topological polar surface area (TPSA) is 62.7 Å². The lowest BCUT2D eigenvalue weighted by Crippen LogP contribution is -2.26. The molecule has 0 unspecified atom stereocenters. The molecule has 8 heteroatoms. The number of para-hydroxylation sites is 1. The predicted molar refractivity (Wildman–Crippen MR) is 113 cm³/mol. The van der Waals surface area contributed by atoms with E-state index in [-0.39, 0.29) is 12.2 Å². The minimum absolute atomic E-state index is 0.189. The fraction of sp³-hybridized carbons (Fsp3) is 0.130. The molecule has 1 amide bonds. The zero-order valence-electron chi connectivity index (χ0n) is 16.4. The Labute approximate surface area is 177 Å². The number of anilines is 1. The van der Waals surface area contributed by atoms with E-state index in [1.165, 1.54) is 18.3 Å². The number of rotatable bonds is 8. The van der Waals surface area contributed by atoms with E-state index in [4.69, 9.17) is 4.74 Å². The van der Waals surface area contributed by atoms with Crippen molar-refractivity contribution in [3.05, 3.63) is 95.6 Å². The second-order valence-corrected chi connectivity index (χ2v) is 6.54. The van der Waals surface area contributed by atoms with Crippen molar-refractivity contribution >= 4 is 17.8 Å². The third kappa shape index (κ3) is 6.88. The van der Waals surface area contributed by atoms with Gasteiger partial charge in [0.2, 0.25) is 0 Å². The minimum atomic E-state index is -4.44. The Morgan fingerprint density at radius 1 is 0.968 bits per heavy atom. The number of nitrogens with one attached hydrogen (secondary N) is 2. The summed E-state index contributed by atoms with van der Waals surface area (Å²) in [7, 11) is 0. The van der Waals surface area contributed by atoms with Crippen LogP contribution in [0.1, 0.15) is 16.7 Å². The molecular weight excluding hydrogens is 407 g/mol. The van der Waals surface area contributed by atoms with Gasteiger partial charge in [-0.1, -0.05) is 48.5 Å². The van der Waals surface area contributed by atoms with Crippen molar-refractivity contribution in [2.24, 2.45) is 5.10 Å². The molecule has 0 aliphatic rings. The molecule has 0 heterocycles. The number of benzene rings is 3. The molecule has 0 spiro atoms. The number of alkyl halides is 3. The number of halogens is 3. The first kappa shape index (κ1) is 21.9. The van der Waals surface area contributed by atoms with Gasteiger partial charge in [-0.2, -0.15) is 18.3 Å². The van der Waals surface area contributed by atoms with Crippen LogP contribution in [-0.2, 0) is 17.6 Å². The number of carbonyl (C=O) groups is 1. The summed E-state index contributed by atoms with van der Waals surface area (Å²) >= 11 is 0. The van der Waals surface area contributed by atoms with Crippen LogP contribution in [0.2, 0.25) is 0 Å². The monoisotopic (exact) mass is 427 g/mol. The van der Waals surface area contributed by atoms with E-state index >= 15 is 0 Å². The summed E-state index contributed by atoms with van der Waals surface area (Å²) in [6.07, 6.45) is -3.00. The van der Waals surface area contributed by atoms with E-state index in [2.05, 4.69) is 15.8 Å². The molecule has 3 rings (SSSR count). The number of amides is 1. The van der Waals surface area contributed by atoms with Crippen LogP contribution in [0.5, 0.6) is 5.75 Å². The van der Waals surface area contributed by atoms with E-state index in [9.17, 15) is 18.0 Å². The van der Waals surface area contributed by atoms with Gasteiger partial charge in [0.15, 0.2) is 0 Å². The molecule has 0 radical (unpaired) electrons. The number of hydrazone groups is 1. The molecule has 0 atom stereocenters. The summed E-state index contributed by atoms with van der Waals surface area (Å²) in [5, 5.41) is 6.55. The first-order valence-corrected chi connectivity index (χ1v) is 9.40. The maximum Gasteiger partial charge on any atom is 0.416 e. The van der Waals surface area contributed by atoms with Gasteiger partial charge in [0, 0.05) is 11.3 Å². The SMILES string of the molecule is O=C(CNc1cccc(C(F)(F)F)c1)N/N=C\c1ccccc1OCc1ccccc1. The summed E-state index contributed by atoms with van der Waals surface area (Å²) in [6, 6.07) is 21.5. The van der Waals surface area contributed by atoms with Crippen LogP contribution in [0, 0.1) is 0 Å². The second-order valence-electron chi connectivity index (χ2n) is 6.54. The third-order valence-corrected chi connectivity index (χ3v) is 4.19. The Balaban J connectivity index is 1.52. The predicted octanol–water partition coefficient (Wildman–Crippen LogP) is 4.85. The summed E-state index contributed by atoms with van der Waals surface area (Å²) in [5.74, 6) is 0.0998. The molecule has 31 heavy (non-hydrogen) atoms. The first-order chi connectivity index (χ1) is 14.9. The molecule has 3 aromatic carbocycles. The van der Waals surface area contributed by atoms with Gasteiger partial charge in [0.05, 0.1) is 18.3 Å². The summed E-state index contributed by atoms with van der Waals surface area (Å²) < 4.78 is 44.0. The number of nitrogens with zero attached hydrogens (tertiary/aromatic N) is 1. The Hall–Kier alpha value is -3.81. The Morgan fingerprint density at radius 2 is 1.71 bits per heavy atom. The quantitative estimate of drug-likeness (QED) is 0.399. The normalized spacial score (nSPS) is 11.3. The molecule has 5 nitrogen and oxygen atoms in total. The molecule has 0 saturated heterocycles. The molecule has 0 saturated carbocycles. The molecule has 0 aliphatic heterocycles. The third-order valence-electron chi connectivity index (χ3n) is 4.19. The van der Waals surface area contributed by atoms with Crippen molar-refractivity contribution in [2.75, 3.05) is 11.9 Å². The van der Waals surface area contributed by atoms with Crippen molar-refractivity contribution in [1.29, 1.82) is 0 Å². The molecule has 160 valence electrons. The van der Waals surface area contributed by atoms with Gasteiger partial charge in [0.25, 0.3) is 5.91 Å². The molecule has 2 N–H and O–H groups in total. The van der Waals surface area contributed by atoms with Gasteiger partial charge in [-0.3, -0.25) is 4.79 Å². The Kier molecular flexibility index (Phi) is 7.26. The number of ether oxygens (including phenoxy) is 1. The molecule has 0 aliphatic carbocycles. The molecule has 0 fully saturated rings. The first-order valence-electron chi connectivity index (χ1n) is 9.40. The molecule has 0 bridgehead atoms. The van der Waals surface area contributed by atoms with Gasteiger partial charge in [-0.15, -0.1) is 0 Å². The largest absolute Gasteiger partial charge is 0.488 e. The lowest BCUT2D eigenvalue weighted by Gasteiger charge is -2.10. The average molecular weight is 427 g/mol. The van der Waals surface area contributed by atoms with Crippen LogP contribution >= 0.6 is 0 Å². The van der Waals surface area contributed by atoms with Gasteiger partial charge in [-0.05, 0) is 35.9 Å². The van der Waals surface area contributed by atoms with Crippen LogP contribution < -0.4 is 15.5 Å². The van der Waals surface area contributed by atoms with Crippen LogP contribution in [0.25, 0.3) is 0 Å². The van der Waals surface area contributed by atoms with E-state index in [1.54, 1.807) is 12.1 Å². The van der Waals surface area contributed by atoms with E-state index in [0.29, 0.717) is 17.9 Å². The van der Waals surface area contributed by atoms with E-state index in [0.717, 1.165) is 17.7 Å². The van der Waals surface area contributed by atoms with Crippen LogP contribution in [0.3, 0.4) is 0 Å². The van der Waals surface area contributed by atoms with Gasteiger partial charge in [0.1, 0.15) is 12.4 Å². The van der Waals surface area contributed by atoms with Gasteiger partial charge >= 0.3 is 6.18 Å². The van der Waals surface area contributed by atoms with Crippen molar-refractivity contribution < 1.29 is 22.7 Å². The molecule has 0 aromatic heterocycles. The zero-order valence-corrected chi connectivity index (χ0v) is 16.4. The van der Waals surface area contributed by atoms with Gasteiger partial charge in [-0.25, -0.2) is 5.43 Å². The summed E-state index contributed by atoms with van der Waals surface area (Å²) in [5.41, 5.74) is 3.42. The smallest absolute Gasteiger partial charge is 0.416 e. The molecular formula is C23H20F3N3O2. The summed E-state index contributed by atoms with van der Waals surface area (Å²) in [4.78, 5) is 11.9. The van der Waals surface area contributed by atoms with Crippen molar-refractivity contribution in [2.45, 2.75) is 12.8 Å². The van der Waals surface area contributed by atoms with Gasteiger partial charge < -0.3 is 10.1 Å². The Bertz CT molecular complexity index is 1040. The maximum absolute atomic E-state index is 12.7. The zero-order chi connectivity index (χ0) is 22.1. The van der Waals surface area contributed by atoms with Crippen LogP contribution in [-0.4, -0.2) is 18.7 Å². The number of hydrogen-bond donors (Lipinski definition) is 2. The van der Waals surface area contributed by atoms with Crippen LogP contribution in [0.4, 0.5) is 18.9 Å². The minimum Gasteiger partial charge on any atom is -0.488 e. The van der Waals surface area contributed by atoms with Crippen LogP contribution in [0.15, 0.2) is 84.0 Å². The van der Waals surface area contributed by atoms with Crippen molar-refractivity contribution in [1.82, 2.24) is 5.43 Å². The number of carbonyl (C=O) groups excluding carboxylic acids is 1. The molecule has 3 aromatic rings. The van der Waals surface area contributed by atoms with Crippen molar-refractivity contribution in [3.63, 3.8) is 0 Å². The van der Waals surface area contributed by atoms with Crippen molar-refractivity contribution in [3.8, 4) is 5.75 Å². The lowest BCUT2D eigenvalue weighted by atomic mass is 10.2. The van der Waals surface area contributed by atoms with E-state index in [1.807, 2.05) is 42.5 Å². The maximum atomic E-state index is 12.7. The Morgan fingerprint density at radius 3 is 2.48 bits per heavy atom. The highest BCUT2D eigenvalue weighted by atomic mass is 19.4. The lowest BCUT2D eigenvalue weighted by molar-refractivity contribution is -0.137. The fourth-order valence-electron chi connectivity index (χ4n) is 2.66. The number of hydrogen-bond acceptors (Lipinski definition) is 4. The summed E-state index contributed by atoms with van der Waals surface area (Å²) in [6.45, 7) is 0.157. The second kappa shape index (κ2) is 10.3. The van der Waals surface area contributed by atoms with E-state index < -0.39 is 17.6 Å². The average Bonchev–Trinajstić information content (AvgIpc) is 2.77. The fourth-order valence-corrected chi connectivity index (χ4v) is 2.66. The highest BCUT2D eigenvalue weighted by Crippen LogP contribution is 2.30. The standard InChI is InChI=1S/C23H20F3N3O2/c24-23(25,26)19-10-6-11-20(13-19)27-15-22(30)29-28-14-18-9-4-5-12-21(18)31-16-17-7-2-1-3-8-17/h1-14,27H,15-16H2,(H,29,30)/b28-14-.